The van der Waals surface area contributed by atoms with Crippen LogP contribution in [0, 0.1) is 5.92 Å². The topological polar surface area (TPSA) is 88.9 Å². The highest BCUT2D eigenvalue weighted by Crippen LogP contribution is 2.18. The van der Waals surface area contributed by atoms with Gasteiger partial charge in [0.05, 0.1) is 18.3 Å². The molecule has 0 spiro atoms. The first kappa shape index (κ1) is 18.8. The zero-order valence-electron chi connectivity index (χ0n) is 15.2. The Balaban J connectivity index is 1.57. The van der Waals surface area contributed by atoms with Crippen molar-refractivity contribution < 1.29 is 9.59 Å². The maximum atomic E-state index is 12.3. The molecule has 0 unspecified atom stereocenters. The quantitative estimate of drug-likeness (QED) is 0.654. The van der Waals surface area contributed by atoms with E-state index in [1.54, 1.807) is 46.6 Å². The highest BCUT2D eigenvalue weighted by atomic mass is 32.1. The second-order valence-electron chi connectivity index (χ2n) is 6.48. The van der Waals surface area contributed by atoms with E-state index >= 15 is 0 Å². The van der Waals surface area contributed by atoms with Crippen LogP contribution in [0.15, 0.2) is 48.0 Å². The van der Waals surface area contributed by atoms with Crippen LogP contribution in [0.5, 0.6) is 0 Å². The number of amides is 2. The number of anilines is 2. The Bertz CT molecular complexity index is 917. The SMILES string of the molecule is CC(C)Cn1nccc1NC(=O)Cc1csc(NC(=O)c2ccccc2)n1. The number of hydrogen-bond acceptors (Lipinski definition) is 5. The first-order chi connectivity index (χ1) is 13.0. The van der Waals surface area contributed by atoms with Crippen molar-refractivity contribution in [1.29, 1.82) is 0 Å². The molecular weight excluding hydrogens is 362 g/mol. The molecule has 2 heterocycles. The Morgan fingerprint density at radius 3 is 2.67 bits per heavy atom. The second-order valence-corrected chi connectivity index (χ2v) is 7.34. The van der Waals surface area contributed by atoms with E-state index in [9.17, 15) is 9.59 Å². The highest BCUT2D eigenvalue weighted by molar-refractivity contribution is 7.14. The van der Waals surface area contributed by atoms with Crippen LogP contribution in [-0.4, -0.2) is 26.6 Å². The monoisotopic (exact) mass is 383 g/mol. The van der Waals surface area contributed by atoms with Crippen LogP contribution in [0.1, 0.15) is 29.9 Å². The number of carbonyl (C=O) groups is 2. The smallest absolute Gasteiger partial charge is 0.257 e. The van der Waals surface area contributed by atoms with Crippen molar-refractivity contribution in [3.63, 3.8) is 0 Å². The van der Waals surface area contributed by atoms with E-state index in [4.69, 9.17) is 0 Å². The zero-order valence-corrected chi connectivity index (χ0v) is 16.0. The van der Waals surface area contributed by atoms with E-state index < -0.39 is 0 Å². The second kappa shape index (κ2) is 8.59. The third kappa shape index (κ3) is 5.24. The third-order valence-electron chi connectivity index (χ3n) is 3.67. The number of thiazole rings is 1. The van der Waals surface area contributed by atoms with Crippen molar-refractivity contribution in [3.05, 3.63) is 59.2 Å². The van der Waals surface area contributed by atoms with Gasteiger partial charge in [-0.2, -0.15) is 5.10 Å². The van der Waals surface area contributed by atoms with Crippen LogP contribution in [0.3, 0.4) is 0 Å². The lowest BCUT2D eigenvalue weighted by molar-refractivity contribution is -0.115. The van der Waals surface area contributed by atoms with Crippen molar-refractivity contribution in [3.8, 4) is 0 Å². The number of nitrogens with zero attached hydrogens (tertiary/aromatic N) is 3. The van der Waals surface area contributed by atoms with Gasteiger partial charge in [-0.25, -0.2) is 9.67 Å². The van der Waals surface area contributed by atoms with Crippen molar-refractivity contribution in [2.45, 2.75) is 26.8 Å². The summed E-state index contributed by atoms with van der Waals surface area (Å²) in [5.74, 6) is 0.696. The summed E-state index contributed by atoms with van der Waals surface area (Å²) in [6.07, 6.45) is 1.79. The number of rotatable bonds is 7. The van der Waals surface area contributed by atoms with Gasteiger partial charge in [-0.3, -0.25) is 14.9 Å². The summed E-state index contributed by atoms with van der Waals surface area (Å²) in [4.78, 5) is 28.8. The molecule has 0 bridgehead atoms. The Hall–Kier alpha value is -3.00. The summed E-state index contributed by atoms with van der Waals surface area (Å²) in [6, 6.07) is 10.7. The van der Waals surface area contributed by atoms with Crippen LogP contribution in [0.25, 0.3) is 0 Å². The van der Waals surface area contributed by atoms with Gasteiger partial charge in [-0.05, 0) is 18.1 Å². The molecule has 27 heavy (non-hydrogen) atoms. The van der Waals surface area contributed by atoms with Gasteiger partial charge in [0.1, 0.15) is 5.82 Å². The average Bonchev–Trinajstić information content (AvgIpc) is 3.25. The molecule has 0 atom stereocenters. The number of hydrogen-bond donors (Lipinski definition) is 2. The molecule has 0 aliphatic carbocycles. The van der Waals surface area contributed by atoms with Gasteiger partial charge in [-0.15, -0.1) is 11.3 Å². The molecule has 2 amide bonds. The van der Waals surface area contributed by atoms with Gasteiger partial charge in [0.15, 0.2) is 5.13 Å². The molecule has 0 aliphatic rings. The Morgan fingerprint density at radius 2 is 1.93 bits per heavy atom. The fraction of sp³-hybridized carbons (Fsp3) is 0.263. The molecule has 3 rings (SSSR count). The maximum Gasteiger partial charge on any atom is 0.257 e. The first-order valence-corrected chi connectivity index (χ1v) is 9.51. The summed E-state index contributed by atoms with van der Waals surface area (Å²) in [5, 5.41) is 12.1. The van der Waals surface area contributed by atoms with E-state index in [1.807, 2.05) is 6.07 Å². The van der Waals surface area contributed by atoms with Crippen LogP contribution >= 0.6 is 11.3 Å². The van der Waals surface area contributed by atoms with E-state index in [2.05, 4.69) is 34.6 Å². The van der Waals surface area contributed by atoms with Crippen LogP contribution in [0.4, 0.5) is 10.9 Å². The summed E-state index contributed by atoms with van der Waals surface area (Å²) in [5.41, 5.74) is 1.17. The molecule has 7 nitrogen and oxygen atoms in total. The van der Waals surface area contributed by atoms with Crippen molar-refractivity contribution in [2.75, 3.05) is 10.6 Å². The lowest BCUT2D eigenvalue weighted by Crippen LogP contribution is -2.19. The third-order valence-corrected chi connectivity index (χ3v) is 4.48. The van der Waals surface area contributed by atoms with E-state index in [0.717, 1.165) is 6.54 Å². The summed E-state index contributed by atoms with van der Waals surface area (Å²) in [7, 11) is 0. The molecule has 2 aromatic heterocycles. The van der Waals surface area contributed by atoms with Gasteiger partial charge >= 0.3 is 0 Å². The van der Waals surface area contributed by atoms with Crippen molar-refractivity contribution in [2.24, 2.45) is 5.92 Å². The summed E-state index contributed by atoms with van der Waals surface area (Å²) >= 11 is 1.29. The molecule has 8 heteroatoms. The van der Waals surface area contributed by atoms with Gasteiger partial charge in [-0.1, -0.05) is 32.0 Å². The minimum Gasteiger partial charge on any atom is -0.311 e. The number of aromatic nitrogens is 3. The zero-order chi connectivity index (χ0) is 19.2. The predicted molar refractivity (Wildman–Crippen MR) is 106 cm³/mol. The normalized spacial score (nSPS) is 10.8. The fourth-order valence-electron chi connectivity index (χ4n) is 2.49. The lowest BCUT2D eigenvalue weighted by Gasteiger charge is -2.10. The van der Waals surface area contributed by atoms with E-state index in [0.29, 0.717) is 28.1 Å². The number of nitrogens with one attached hydrogen (secondary N) is 2. The van der Waals surface area contributed by atoms with Crippen LogP contribution in [-0.2, 0) is 17.8 Å². The molecule has 140 valence electrons. The first-order valence-electron chi connectivity index (χ1n) is 8.63. The average molecular weight is 383 g/mol. The molecule has 3 aromatic rings. The molecule has 0 saturated carbocycles. The minimum absolute atomic E-state index is 0.130. The maximum absolute atomic E-state index is 12.3. The largest absolute Gasteiger partial charge is 0.311 e. The molecule has 0 radical (unpaired) electrons. The van der Waals surface area contributed by atoms with Gasteiger partial charge in [0.25, 0.3) is 5.91 Å². The molecule has 0 saturated heterocycles. The molecule has 0 fully saturated rings. The molecule has 2 N–H and O–H groups in total. The molecule has 0 aliphatic heterocycles. The Labute approximate surface area is 161 Å². The van der Waals surface area contributed by atoms with Gasteiger partial charge in [0, 0.05) is 23.6 Å². The van der Waals surface area contributed by atoms with Crippen LogP contribution in [0.2, 0.25) is 0 Å². The fourth-order valence-corrected chi connectivity index (χ4v) is 3.19. The van der Waals surface area contributed by atoms with E-state index in [-0.39, 0.29) is 18.2 Å². The number of carbonyl (C=O) groups excluding carboxylic acids is 2. The molecule has 1 aromatic carbocycles. The minimum atomic E-state index is -0.224. The van der Waals surface area contributed by atoms with Crippen LogP contribution < -0.4 is 10.6 Å². The molecular formula is C19H21N5O2S. The van der Waals surface area contributed by atoms with Crippen molar-refractivity contribution in [1.82, 2.24) is 14.8 Å². The standard InChI is InChI=1S/C19H21N5O2S/c1-13(2)11-24-16(8-9-20-24)22-17(25)10-15-12-27-19(21-15)23-18(26)14-6-4-3-5-7-14/h3-9,12-13H,10-11H2,1-2H3,(H,22,25)(H,21,23,26). The van der Waals surface area contributed by atoms with E-state index in [1.165, 1.54) is 11.3 Å². The number of benzene rings is 1. The Morgan fingerprint density at radius 1 is 1.15 bits per heavy atom. The van der Waals surface area contributed by atoms with Gasteiger partial charge < -0.3 is 5.32 Å². The van der Waals surface area contributed by atoms with Gasteiger partial charge in [0.2, 0.25) is 5.91 Å². The van der Waals surface area contributed by atoms with Crippen molar-refractivity contribution >= 4 is 34.1 Å². The summed E-state index contributed by atoms with van der Waals surface area (Å²) < 4.78 is 1.77. The summed E-state index contributed by atoms with van der Waals surface area (Å²) in [6.45, 7) is 4.91. The Kier molecular flexibility index (Phi) is 5.97. The lowest BCUT2D eigenvalue weighted by atomic mass is 10.2. The predicted octanol–water partition coefficient (Wildman–Crippen LogP) is 3.43. The highest BCUT2D eigenvalue weighted by Gasteiger charge is 2.13.